The third-order valence-corrected chi connectivity index (χ3v) is 4.17. The molecule has 0 amide bonds. The summed E-state index contributed by atoms with van der Waals surface area (Å²) in [7, 11) is 0. The molecule has 0 radical (unpaired) electrons. The number of alkyl halides is 3. The van der Waals surface area contributed by atoms with Gasteiger partial charge < -0.3 is 9.47 Å². The fourth-order valence-corrected chi connectivity index (χ4v) is 3.37. The Kier molecular flexibility index (Phi) is 5.21. The average Bonchev–Trinajstić information content (AvgIpc) is 2.79. The number of hydrogen-bond acceptors (Lipinski definition) is 5. The summed E-state index contributed by atoms with van der Waals surface area (Å²) in [6.07, 6.45) is -2.04. The number of nitrogens with zero attached hydrogens (tertiary/aromatic N) is 1. The van der Waals surface area contributed by atoms with Crippen LogP contribution in [0.4, 0.5) is 13.2 Å². The Labute approximate surface area is 124 Å². The van der Waals surface area contributed by atoms with Crippen LogP contribution in [-0.2, 0) is 27.3 Å². The molecule has 0 spiro atoms. The van der Waals surface area contributed by atoms with Crippen molar-refractivity contribution in [3.63, 3.8) is 0 Å². The van der Waals surface area contributed by atoms with Gasteiger partial charge in [0.15, 0.2) is 0 Å². The molecule has 1 unspecified atom stereocenters. The number of ether oxygens (including phenoxy) is 2. The van der Waals surface area contributed by atoms with E-state index in [9.17, 15) is 18.0 Å². The second-order valence-corrected chi connectivity index (χ2v) is 5.89. The third-order valence-electron chi connectivity index (χ3n) is 3.06. The lowest BCUT2D eigenvalue weighted by Gasteiger charge is -2.19. The Morgan fingerprint density at radius 1 is 1.48 bits per heavy atom. The summed E-state index contributed by atoms with van der Waals surface area (Å²) >= 11 is 1.31. The highest BCUT2D eigenvalue weighted by atomic mass is 32.1. The second-order valence-electron chi connectivity index (χ2n) is 4.72. The van der Waals surface area contributed by atoms with E-state index >= 15 is 0 Å². The number of esters is 1. The maximum absolute atomic E-state index is 12.0. The molecule has 21 heavy (non-hydrogen) atoms. The van der Waals surface area contributed by atoms with Gasteiger partial charge in [0.25, 0.3) is 0 Å². The van der Waals surface area contributed by atoms with Gasteiger partial charge in [-0.15, -0.1) is 11.3 Å². The first-order valence-corrected chi connectivity index (χ1v) is 7.52. The van der Waals surface area contributed by atoms with E-state index in [1.54, 1.807) is 6.92 Å². The molecule has 1 atom stereocenters. The number of rotatable bonds is 5. The van der Waals surface area contributed by atoms with E-state index in [0.29, 0.717) is 23.7 Å². The van der Waals surface area contributed by atoms with Crippen molar-refractivity contribution >= 4 is 17.3 Å². The van der Waals surface area contributed by atoms with Gasteiger partial charge in [0.2, 0.25) is 0 Å². The molecule has 0 fully saturated rings. The number of fused-ring (bicyclic) bond motifs is 1. The lowest BCUT2D eigenvalue weighted by Crippen LogP contribution is -2.20. The third kappa shape index (κ3) is 4.41. The first-order valence-electron chi connectivity index (χ1n) is 6.70. The van der Waals surface area contributed by atoms with Gasteiger partial charge in [0.1, 0.15) is 17.5 Å². The molecular weight excluding hydrogens is 307 g/mol. The van der Waals surface area contributed by atoms with E-state index in [0.717, 1.165) is 17.7 Å². The van der Waals surface area contributed by atoms with Gasteiger partial charge in [-0.05, 0) is 26.2 Å². The van der Waals surface area contributed by atoms with Crippen molar-refractivity contribution in [2.75, 3.05) is 13.2 Å². The summed E-state index contributed by atoms with van der Waals surface area (Å²) in [5.74, 6) is -0.715. The Balaban J connectivity index is 2.03. The number of carbonyl (C=O) groups excluding carboxylic acids is 1. The predicted molar refractivity (Wildman–Crippen MR) is 70.1 cm³/mol. The summed E-state index contributed by atoms with van der Waals surface area (Å²) in [5, 5.41) is 0.473. The zero-order valence-electron chi connectivity index (χ0n) is 11.5. The molecule has 0 N–H and O–H groups in total. The summed E-state index contributed by atoms with van der Waals surface area (Å²) < 4.78 is 45.7. The van der Waals surface area contributed by atoms with E-state index < -0.39 is 18.7 Å². The van der Waals surface area contributed by atoms with Crippen LogP contribution in [0.2, 0.25) is 0 Å². The fourth-order valence-electron chi connectivity index (χ4n) is 2.26. The maximum atomic E-state index is 12.0. The zero-order chi connectivity index (χ0) is 15.5. The summed E-state index contributed by atoms with van der Waals surface area (Å²) in [6, 6.07) is 0. The molecule has 0 aliphatic heterocycles. The van der Waals surface area contributed by atoms with Crippen LogP contribution in [-0.4, -0.2) is 30.3 Å². The normalized spacial score (nSPS) is 18.4. The van der Waals surface area contributed by atoms with Crippen molar-refractivity contribution in [1.29, 1.82) is 0 Å². The number of hydrogen-bond donors (Lipinski definition) is 0. The van der Waals surface area contributed by atoms with Gasteiger partial charge in [0.05, 0.1) is 18.9 Å². The van der Waals surface area contributed by atoms with Gasteiger partial charge in [-0.25, -0.2) is 4.98 Å². The van der Waals surface area contributed by atoms with Crippen LogP contribution in [0.5, 0.6) is 0 Å². The number of thiazole rings is 1. The molecule has 1 aromatic heterocycles. The van der Waals surface area contributed by atoms with Gasteiger partial charge in [-0.3, -0.25) is 4.79 Å². The summed E-state index contributed by atoms with van der Waals surface area (Å²) in [4.78, 5) is 17.1. The first kappa shape index (κ1) is 16.2. The summed E-state index contributed by atoms with van der Waals surface area (Å²) in [5.41, 5.74) is 0.648. The zero-order valence-corrected chi connectivity index (χ0v) is 12.4. The lowest BCUT2D eigenvalue weighted by atomic mass is 9.91. The largest absolute Gasteiger partial charge is 0.465 e. The molecule has 1 aliphatic carbocycles. The topological polar surface area (TPSA) is 48.4 Å². The van der Waals surface area contributed by atoms with Crippen LogP contribution < -0.4 is 0 Å². The molecule has 118 valence electrons. The molecule has 0 saturated carbocycles. The van der Waals surface area contributed by atoms with E-state index in [1.807, 2.05) is 0 Å². The second kappa shape index (κ2) is 6.74. The SMILES string of the molecule is CCOC(=O)C1CCCc2sc(COCC(F)(F)F)nc21. The molecule has 0 aromatic carbocycles. The molecule has 2 rings (SSSR count). The number of halogens is 3. The molecule has 1 aromatic rings. The molecule has 8 heteroatoms. The van der Waals surface area contributed by atoms with Crippen LogP contribution >= 0.6 is 11.3 Å². The quantitative estimate of drug-likeness (QED) is 0.781. The molecule has 0 saturated heterocycles. The maximum Gasteiger partial charge on any atom is 0.411 e. The van der Waals surface area contributed by atoms with E-state index in [1.165, 1.54) is 11.3 Å². The molecule has 0 bridgehead atoms. The number of carbonyl (C=O) groups is 1. The Morgan fingerprint density at radius 2 is 2.24 bits per heavy atom. The van der Waals surface area contributed by atoms with E-state index in [-0.39, 0.29) is 12.6 Å². The standard InChI is InChI=1S/C13H16F3NO3S/c1-2-20-12(18)8-4-3-5-9-11(8)17-10(21-9)6-19-7-13(14,15)16/h8H,2-7H2,1H3. The minimum Gasteiger partial charge on any atom is -0.465 e. The molecule has 4 nitrogen and oxygen atoms in total. The molecule has 1 heterocycles. The van der Waals surface area contributed by atoms with Crippen LogP contribution in [0.1, 0.15) is 41.3 Å². The highest BCUT2D eigenvalue weighted by Crippen LogP contribution is 2.35. The Bertz CT molecular complexity index is 501. The monoisotopic (exact) mass is 323 g/mol. The lowest BCUT2D eigenvalue weighted by molar-refractivity contribution is -0.176. The van der Waals surface area contributed by atoms with Crippen molar-refractivity contribution in [2.24, 2.45) is 0 Å². The number of aryl methyl sites for hydroxylation is 1. The van der Waals surface area contributed by atoms with Gasteiger partial charge in [-0.1, -0.05) is 0 Å². The summed E-state index contributed by atoms with van der Waals surface area (Å²) in [6.45, 7) is 0.556. The first-order chi connectivity index (χ1) is 9.90. The average molecular weight is 323 g/mol. The fraction of sp³-hybridized carbons (Fsp3) is 0.692. The van der Waals surface area contributed by atoms with Gasteiger partial charge in [0, 0.05) is 4.88 Å². The van der Waals surface area contributed by atoms with E-state index in [4.69, 9.17) is 4.74 Å². The minimum absolute atomic E-state index is 0.188. The Morgan fingerprint density at radius 3 is 2.90 bits per heavy atom. The van der Waals surface area contributed by atoms with Crippen molar-refractivity contribution < 1.29 is 27.4 Å². The van der Waals surface area contributed by atoms with Crippen molar-refractivity contribution in [1.82, 2.24) is 4.98 Å². The predicted octanol–water partition coefficient (Wildman–Crippen LogP) is 3.21. The van der Waals surface area contributed by atoms with Crippen LogP contribution in [0.3, 0.4) is 0 Å². The smallest absolute Gasteiger partial charge is 0.411 e. The van der Waals surface area contributed by atoms with Crippen LogP contribution in [0, 0.1) is 0 Å². The van der Waals surface area contributed by atoms with Crippen molar-refractivity contribution in [2.45, 2.75) is 44.9 Å². The molecule has 1 aliphatic rings. The molecular formula is C13H16F3NO3S. The minimum atomic E-state index is -4.34. The number of aromatic nitrogens is 1. The Hall–Kier alpha value is -1.15. The van der Waals surface area contributed by atoms with Gasteiger partial charge >= 0.3 is 12.1 Å². The van der Waals surface area contributed by atoms with E-state index in [2.05, 4.69) is 9.72 Å². The highest BCUT2D eigenvalue weighted by molar-refractivity contribution is 7.11. The van der Waals surface area contributed by atoms with Crippen LogP contribution in [0.25, 0.3) is 0 Å². The van der Waals surface area contributed by atoms with Crippen LogP contribution in [0.15, 0.2) is 0 Å². The van der Waals surface area contributed by atoms with Crippen molar-refractivity contribution in [3.8, 4) is 0 Å². The highest BCUT2D eigenvalue weighted by Gasteiger charge is 2.32. The van der Waals surface area contributed by atoms with Crippen molar-refractivity contribution in [3.05, 3.63) is 15.6 Å². The van der Waals surface area contributed by atoms with Gasteiger partial charge in [-0.2, -0.15) is 13.2 Å².